The lowest BCUT2D eigenvalue weighted by Crippen LogP contribution is -2.39. The van der Waals surface area contributed by atoms with Crippen LogP contribution in [0, 0.1) is 18.6 Å². The Labute approximate surface area is 139 Å². The molecule has 0 bridgehead atoms. The second kappa shape index (κ2) is 7.92. The van der Waals surface area contributed by atoms with Gasteiger partial charge in [0.25, 0.3) is 0 Å². The standard InChI is InChI=1S/C17H21F2N3O2/c1-12-4-6-14(24-12)11-22(9-8-21(2)3)17(23)20-16-7-5-13(18)10-15(16)19/h4-7,10H,8-9,11H2,1-3H3,(H,20,23). The Kier molecular flexibility index (Phi) is 5.92. The van der Waals surface area contributed by atoms with Gasteiger partial charge in [0.15, 0.2) is 0 Å². The van der Waals surface area contributed by atoms with E-state index in [2.05, 4.69) is 5.32 Å². The molecule has 130 valence electrons. The van der Waals surface area contributed by atoms with Crippen LogP contribution in [0.4, 0.5) is 19.3 Å². The first-order chi connectivity index (χ1) is 11.3. The molecule has 2 aromatic rings. The lowest BCUT2D eigenvalue weighted by atomic mass is 10.3. The summed E-state index contributed by atoms with van der Waals surface area (Å²) in [5.74, 6) is -0.116. The highest BCUT2D eigenvalue weighted by molar-refractivity contribution is 5.89. The molecule has 1 N–H and O–H groups in total. The van der Waals surface area contributed by atoms with Gasteiger partial charge >= 0.3 is 6.03 Å². The Bertz CT molecular complexity index is 701. The molecule has 0 aliphatic rings. The first-order valence-corrected chi connectivity index (χ1v) is 7.56. The summed E-state index contributed by atoms with van der Waals surface area (Å²) in [6, 6.07) is 6.16. The lowest BCUT2D eigenvalue weighted by molar-refractivity contribution is 0.196. The molecule has 0 atom stereocenters. The quantitative estimate of drug-likeness (QED) is 0.878. The number of nitrogens with one attached hydrogen (secondary N) is 1. The van der Waals surface area contributed by atoms with Crippen LogP contribution in [-0.4, -0.2) is 43.0 Å². The Morgan fingerprint density at radius 1 is 1.17 bits per heavy atom. The molecule has 24 heavy (non-hydrogen) atoms. The number of aryl methyl sites for hydroxylation is 1. The molecule has 1 aromatic heterocycles. The van der Waals surface area contributed by atoms with Gasteiger partial charge in [0.05, 0.1) is 12.2 Å². The topological polar surface area (TPSA) is 48.7 Å². The second-order valence-electron chi connectivity index (χ2n) is 5.79. The molecular formula is C17H21F2N3O2. The number of likely N-dealkylation sites (N-methyl/N-ethyl adjacent to an activating group) is 1. The average Bonchev–Trinajstić information content (AvgIpc) is 2.91. The van der Waals surface area contributed by atoms with E-state index in [0.29, 0.717) is 18.8 Å². The van der Waals surface area contributed by atoms with Crippen LogP contribution in [0.2, 0.25) is 0 Å². The average molecular weight is 337 g/mol. The largest absolute Gasteiger partial charge is 0.464 e. The Morgan fingerprint density at radius 2 is 1.92 bits per heavy atom. The monoisotopic (exact) mass is 337 g/mol. The summed E-state index contributed by atoms with van der Waals surface area (Å²) in [6.07, 6.45) is 0. The highest BCUT2D eigenvalue weighted by atomic mass is 19.1. The normalized spacial score (nSPS) is 10.9. The lowest BCUT2D eigenvalue weighted by Gasteiger charge is -2.24. The first kappa shape index (κ1) is 17.9. The van der Waals surface area contributed by atoms with Gasteiger partial charge in [-0.2, -0.15) is 0 Å². The molecule has 0 aliphatic heterocycles. The van der Waals surface area contributed by atoms with Crippen molar-refractivity contribution in [3.63, 3.8) is 0 Å². The number of benzene rings is 1. The number of furan rings is 1. The van der Waals surface area contributed by atoms with Crippen molar-refractivity contribution < 1.29 is 18.0 Å². The number of nitrogens with zero attached hydrogens (tertiary/aromatic N) is 2. The fraction of sp³-hybridized carbons (Fsp3) is 0.353. The van der Waals surface area contributed by atoms with Gasteiger partial charge in [-0.3, -0.25) is 0 Å². The van der Waals surface area contributed by atoms with E-state index < -0.39 is 17.7 Å². The van der Waals surface area contributed by atoms with Crippen molar-refractivity contribution in [2.45, 2.75) is 13.5 Å². The van der Waals surface area contributed by atoms with Crippen molar-refractivity contribution in [1.82, 2.24) is 9.80 Å². The summed E-state index contributed by atoms with van der Waals surface area (Å²) in [5.41, 5.74) is -0.0631. The zero-order valence-corrected chi connectivity index (χ0v) is 14.0. The fourth-order valence-electron chi connectivity index (χ4n) is 2.12. The maximum absolute atomic E-state index is 13.7. The van der Waals surface area contributed by atoms with Crippen LogP contribution >= 0.6 is 0 Å². The van der Waals surface area contributed by atoms with Crippen LogP contribution in [0.1, 0.15) is 11.5 Å². The molecule has 1 aromatic carbocycles. The summed E-state index contributed by atoms with van der Waals surface area (Å²) in [4.78, 5) is 15.9. The first-order valence-electron chi connectivity index (χ1n) is 7.56. The van der Waals surface area contributed by atoms with E-state index in [1.54, 1.807) is 6.07 Å². The van der Waals surface area contributed by atoms with E-state index in [-0.39, 0.29) is 12.2 Å². The highest BCUT2D eigenvalue weighted by Crippen LogP contribution is 2.17. The molecule has 0 unspecified atom stereocenters. The molecule has 0 saturated heterocycles. The number of rotatable bonds is 6. The Morgan fingerprint density at radius 3 is 2.50 bits per heavy atom. The SMILES string of the molecule is Cc1ccc(CN(CCN(C)C)C(=O)Nc2ccc(F)cc2F)o1. The third kappa shape index (κ3) is 5.06. The number of urea groups is 1. The number of halogens is 2. The molecule has 7 heteroatoms. The zero-order valence-electron chi connectivity index (χ0n) is 14.0. The molecule has 0 aliphatic carbocycles. The molecule has 5 nitrogen and oxygen atoms in total. The molecular weight excluding hydrogens is 316 g/mol. The smallest absolute Gasteiger partial charge is 0.322 e. The van der Waals surface area contributed by atoms with Crippen LogP contribution in [0.5, 0.6) is 0 Å². The zero-order chi connectivity index (χ0) is 17.7. The second-order valence-corrected chi connectivity index (χ2v) is 5.79. The summed E-state index contributed by atoms with van der Waals surface area (Å²) in [7, 11) is 3.79. The van der Waals surface area contributed by atoms with E-state index in [1.165, 1.54) is 11.0 Å². The Balaban J connectivity index is 2.10. The molecule has 0 spiro atoms. The number of carbonyl (C=O) groups is 1. The summed E-state index contributed by atoms with van der Waals surface area (Å²) >= 11 is 0. The third-order valence-corrected chi connectivity index (χ3v) is 3.42. The van der Waals surface area contributed by atoms with Crippen LogP contribution in [0.15, 0.2) is 34.7 Å². The molecule has 2 rings (SSSR count). The highest BCUT2D eigenvalue weighted by Gasteiger charge is 2.17. The minimum Gasteiger partial charge on any atom is -0.464 e. The summed E-state index contributed by atoms with van der Waals surface area (Å²) in [5, 5.41) is 2.47. The number of anilines is 1. The van der Waals surface area contributed by atoms with Crippen LogP contribution in [-0.2, 0) is 6.54 Å². The predicted molar refractivity (Wildman–Crippen MR) is 87.8 cm³/mol. The van der Waals surface area contributed by atoms with Crippen LogP contribution in [0.3, 0.4) is 0 Å². The molecule has 1 heterocycles. The van der Waals surface area contributed by atoms with Gasteiger partial charge in [0.2, 0.25) is 0 Å². The van der Waals surface area contributed by atoms with Gasteiger partial charge in [0.1, 0.15) is 23.2 Å². The van der Waals surface area contributed by atoms with Crippen molar-refractivity contribution in [3.8, 4) is 0 Å². The van der Waals surface area contributed by atoms with Gasteiger partial charge in [-0.05, 0) is 45.3 Å². The van der Waals surface area contributed by atoms with E-state index in [1.807, 2.05) is 32.0 Å². The van der Waals surface area contributed by atoms with Gasteiger partial charge in [0, 0.05) is 19.2 Å². The summed E-state index contributed by atoms with van der Waals surface area (Å²) in [6.45, 7) is 3.15. The number of hydrogen-bond acceptors (Lipinski definition) is 3. The number of carbonyl (C=O) groups excluding carboxylic acids is 1. The van der Waals surface area contributed by atoms with Gasteiger partial charge < -0.3 is 19.5 Å². The maximum atomic E-state index is 13.7. The van der Waals surface area contributed by atoms with Crippen LogP contribution < -0.4 is 5.32 Å². The van der Waals surface area contributed by atoms with Gasteiger partial charge in [-0.1, -0.05) is 0 Å². The predicted octanol–water partition coefficient (Wildman–Crippen LogP) is 3.46. The number of hydrogen-bond donors (Lipinski definition) is 1. The van der Waals surface area contributed by atoms with Crippen molar-refractivity contribution >= 4 is 11.7 Å². The van der Waals surface area contributed by atoms with Crippen molar-refractivity contribution in [2.24, 2.45) is 0 Å². The summed E-state index contributed by atoms with van der Waals surface area (Å²) < 4.78 is 32.2. The van der Waals surface area contributed by atoms with Crippen molar-refractivity contribution in [1.29, 1.82) is 0 Å². The molecule has 0 fully saturated rings. The van der Waals surface area contributed by atoms with E-state index in [9.17, 15) is 13.6 Å². The Hall–Kier alpha value is -2.41. The number of amides is 2. The van der Waals surface area contributed by atoms with E-state index in [4.69, 9.17) is 4.42 Å². The molecule has 2 amide bonds. The third-order valence-electron chi connectivity index (χ3n) is 3.42. The minimum absolute atomic E-state index is 0.0631. The molecule has 0 radical (unpaired) electrons. The fourth-order valence-corrected chi connectivity index (χ4v) is 2.12. The van der Waals surface area contributed by atoms with E-state index in [0.717, 1.165) is 17.9 Å². The van der Waals surface area contributed by atoms with Gasteiger partial charge in [-0.25, -0.2) is 13.6 Å². The molecule has 0 saturated carbocycles. The van der Waals surface area contributed by atoms with Crippen molar-refractivity contribution in [2.75, 3.05) is 32.5 Å². The van der Waals surface area contributed by atoms with Crippen LogP contribution in [0.25, 0.3) is 0 Å². The van der Waals surface area contributed by atoms with Gasteiger partial charge in [-0.15, -0.1) is 0 Å². The van der Waals surface area contributed by atoms with Crippen molar-refractivity contribution in [3.05, 3.63) is 53.5 Å². The minimum atomic E-state index is -0.815. The van der Waals surface area contributed by atoms with E-state index >= 15 is 0 Å². The maximum Gasteiger partial charge on any atom is 0.322 e.